The third-order valence-corrected chi connectivity index (χ3v) is 5.30. The van der Waals surface area contributed by atoms with Crippen molar-refractivity contribution in [2.75, 3.05) is 6.54 Å². The minimum atomic E-state index is -4.82. The van der Waals surface area contributed by atoms with Gasteiger partial charge in [-0.2, -0.15) is 18.4 Å². The Kier molecular flexibility index (Phi) is 4.98. The Morgan fingerprint density at radius 1 is 1.35 bits per heavy atom. The molecule has 2 atom stereocenters. The van der Waals surface area contributed by atoms with E-state index in [-0.39, 0.29) is 12.5 Å². The molecule has 5 nitrogen and oxygen atoms in total. The van der Waals surface area contributed by atoms with Crippen molar-refractivity contribution in [2.45, 2.75) is 36.4 Å². The highest BCUT2D eigenvalue weighted by Crippen LogP contribution is 2.33. The molecule has 0 aromatic heterocycles. The average molecular weight is 348 g/mol. The average Bonchev–Trinajstić information content (AvgIpc) is 2.89. The van der Waals surface area contributed by atoms with Crippen LogP contribution in [0.1, 0.15) is 30.4 Å². The molecule has 1 aromatic carbocycles. The quantitative estimate of drug-likeness (QED) is 0.871. The number of nitrogens with one attached hydrogen (secondary N) is 1. The highest BCUT2D eigenvalue weighted by molar-refractivity contribution is 7.89. The van der Waals surface area contributed by atoms with E-state index in [9.17, 15) is 26.7 Å². The Balaban J connectivity index is 2.24. The number of nitriles is 1. The number of aliphatic hydroxyl groups is 1. The number of hydrogen-bond donors (Lipinski definition) is 2. The SMILES string of the molecule is N#Cc1ccc(S(=O)(=O)NC[C@@H]2CCC[C@@H]2O)cc1C(F)(F)F. The number of rotatable bonds is 4. The normalized spacial score (nSPS) is 22.0. The number of halogens is 3. The molecule has 0 bridgehead atoms. The van der Waals surface area contributed by atoms with E-state index in [1.807, 2.05) is 0 Å². The van der Waals surface area contributed by atoms with Crippen molar-refractivity contribution >= 4 is 10.0 Å². The zero-order chi connectivity index (χ0) is 17.3. The lowest BCUT2D eigenvalue weighted by atomic mass is 10.1. The molecule has 0 saturated heterocycles. The van der Waals surface area contributed by atoms with Crippen LogP contribution < -0.4 is 4.72 Å². The van der Waals surface area contributed by atoms with Gasteiger partial charge in [-0.05, 0) is 37.0 Å². The van der Waals surface area contributed by atoms with Gasteiger partial charge in [-0.1, -0.05) is 6.42 Å². The van der Waals surface area contributed by atoms with Gasteiger partial charge in [0.25, 0.3) is 0 Å². The summed E-state index contributed by atoms with van der Waals surface area (Å²) in [4.78, 5) is -0.559. The van der Waals surface area contributed by atoms with E-state index in [2.05, 4.69) is 4.72 Å². The molecule has 1 aliphatic carbocycles. The summed E-state index contributed by atoms with van der Waals surface area (Å²) in [6, 6.07) is 3.64. The fourth-order valence-corrected chi connectivity index (χ4v) is 3.70. The maximum atomic E-state index is 12.9. The Morgan fingerprint density at radius 2 is 2.04 bits per heavy atom. The van der Waals surface area contributed by atoms with Crippen LogP contribution in [0.25, 0.3) is 0 Å². The fraction of sp³-hybridized carbons (Fsp3) is 0.500. The molecule has 0 spiro atoms. The highest BCUT2D eigenvalue weighted by Gasteiger charge is 2.35. The van der Waals surface area contributed by atoms with E-state index in [0.29, 0.717) is 18.9 Å². The van der Waals surface area contributed by atoms with Crippen molar-refractivity contribution in [3.8, 4) is 6.07 Å². The lowest BCUT2D eigenvalue weighted by Gasteiger charge is -2.16. The molecule has 126 valence electrons. The van der Waals surface area contributed by atoms with Gasteiger partial charge >= 0.3 is 6.18 Å². The summed E-state index contributed by atoms with van der Waals surface area (Å²) < 4.78 is 65.1. The minimum absolute atomic E-state index is 0.0369. The number of sulfonamides is 1. The van der Waals surface area contributed by atoms with E-state index in [1.165, 1.54) is 6.07 Å². The summed E-state index contributed by atoms with van der Waals surface area (Å²) in [5.74, 6) is -0.245. The molecule has 1 fully saturated rings. The van der Waals surface area contributed by atoms with Crippen LogP contribution in [-0.2, 0) is 16.2 Å². The first kappa shape index (κ1) is 17.7. The van der Waals surface area contributed by atoms with Crippen LogP contribution in [-0.4, -0.2) is 26.2 Å². The molecule has 23 heavy (non-hydrogen) atoms. The molecular formula is C14H15F3N2O3S. The van der Waals surface area contributed by atoms with Crippen molar-refractivity contribution in [2.24, 2.45) is 5.92 Å². The third kappa shape index (κ3) is 4.02. The molecular weight excluding hydrogens is 333 g/mol. The second-order valence-electron chi connectivity index (χ2n) is 5.43. The van der Waals surface area contributed by atoms with Gasteiger partial charge in [0, 0.05) is 6.54 Å². The highest BCUT2D eigenvalue weighted by atomic mass is 32.2. The smallest absolute Gasteiger partial charge is 0.393 e. The molecule has 2 N–H and O–H groups in total. The maximum absolute atomic E-state index is 12.9. The van der Waals surface area contributed by atoms with Crippen LogP contribution in [0.5, 0.6) is 0 Å². The second-order valence-corrected chi connectivity index (χ2v) is 7.19. The zero-order valence-electron chi connectivity index (χ0n) is 12.0. The Morgan fingerprint density at radius 3 is 2.57 bits per heavy atom. The van der Waals surface area contributed by atoms with Crippen LogP contribution in [0, 0.1) is 17.2 Å². The lowest BCUT2D eigenvalue weighted by molar-refractivity contribution is -0.137. The zero-order valence-corrected chi connectivity index (χ0v) is 12.8. The standard InChI is InChI=1S/C14H15F3N2O3S/c15-14(16,17)12-6-11(5-4-9(12)7-18)23(21,22)19-8-10-2-1-3-13(10)20/h4-6,10,13,19-20H,1-3,8H2/t10-,13-/m0/s1. The van der Waals surface area contributed by atoms with Gasteiger partial charge < -0.3 is 5.11 Å². The van der Waals surface area contributed by atoms with Gasteiger partial charge in [0.15, 0.2) is 0 Å². The summed E-state index contributed by atoms with van der Waals surface area (Å²) in [6.07, 6.45) is -3.41. The van der Waals surface area contributed by atoms with Crippen LogP contribution >= 0.6 is 0 Å². The summed E-state index contributed by atoms with van der Waals surface area (Å²) in [5.41, 5.74) is -1.92. The molecule has 1 aliphatic rings. The molecule has 0 unspecified atom stereocenters. The van der Waals surface area contributed by atoms with E-state index >= 15 is 0 Å². The van der Waals surface area contributed by atoms with Crippen molar-refractivity contribution < 1.29 is 26.7 Å². The number of benzene rings is 1. The molecule has 9 heteroatoms. The molecule has 1 aromatic rings. The number of aliphatic hydroxyl groups excluding tert-OH is 1. The summed E-state index contributed by atoms with van der Waals surface area (Å²) in [6.45, 7) is -0.0369. The second kappa shape index (κ2) is 6.47. The Labute approximate surface area is 131 Å². The van der Waals surface area contributed by atoms with E-state index < -0.39 is 38.3 Å². The van der Waals surface area contributed by atoms with Gasteiger partial charge in [-0.25, -0.2) is 13.1 Å². The molecule has 0 amide bonds. The van der Waals surface area contributed by atoms with Gasteiger partial charge in [0.1, 0.15) is 0 Å². The van der Waals surface area contributed by atoms with Gasteiger partial charge in [0.05, 0.1) is 28.2 Å². The fourth-order valence-electron chi connectivity index (χ4n) is 2.58. The van der Waals surface area contributed by atoms with Crippen LogP contribution in [0.2, 0.25) is 0 Å². The predicted molar refractivity (Wildman–Crippen MR) is 74.7 cm³/mol. The molecule has 2 rings (SSSR count). The first-order valence-electron chi connectivity index (χ1n) is 6.94. The van der Waals surface area contributed by atoms with Crippen LogP contribution in [0.3, 0.4) is 0 Å². The number of alkyl halides is 3. The van der Waals surface area contributed by atoms with Crippen molar-refractivity contribution in [3.63, 3.8) is 0 Å². The molecule has 0 radical (unpaired) electrons. The molecule has 0 aliphatic heterocycles. The first-order valence-corrected chi connectivity index (χ1v) is 8.42. The Hall–Kier alpha value is -1.63. The maximum Gasteiger partial charge on any atom is 0.417 e. The first-order chi connectivity index (χ1) is 10.6. The monoisotopic (exact) mass is 348 g/mol. The van der Waals surface area contributed by atoms with E-state index in [0.717, 1.165) is 18.6 Å². The van der Waals surface area contributed by atoms with Crippen LogP contribution in [0.4, 0.5) is 13.2 Å². The van der Waals surface area contributed by atoms with Crippen molar-refractivity contribution in [1.29, 1.82) is 5.26 Å². The van der Waals surface area contributed by atoms with Crippen molar-refractivity contribution in [3.05, 3.63) is 29.3 Å². The third-order valence-electron chi connectivity index (χ3n) is 3.88. The van der Waals surface area contributed by atoms with Crippen LogP contribution in [0.15, 0.2) is 23.1 Å². The van der Waals surface area contributed by atoms with E-state index in [4.69, 9.17) is 5.26 Å². The largest absolute Gasteiger partial charge is 0.417 e. The number of nitrogens with zero attached hydrogens (tertiary/aromatic N) is 1. The van der Waals surface area contributed by atoms with Gasteiger partial charge in [-0.15, -0.1) is 0 Å². The summed E-state index contributed by atoms with van der Waals surface area (Å²) in [5, 5.41) is 18.4. The molecule has 0 heterocycles. The molecule has 1 saturated carbocycles. The lowest BCUT2D eigenvalue weighted by Crippen LogP contribution is -2.32. The van der Waals surface area contributed by atoms with Gasteiger partial charge in [0.2, 0.25) is 10.0 Å². The van der Waals surface area contributed by atoms with Gasteiger partial charge in [-0.3, -0.25) is 0 Å². The Bertz CT molecular complexity index is 726. The number of hydrogen-bond acceptors (Lipinski definition) is 4. The topological polar surface area (TPSA) is 90.2 Å². The predicted octanol–water partition coefficient (Wildman–Crippen LogP) is 2.02. The summed E-state index contributed by atoms with van der Waals surface area (Å²) in [7, 11) is -4.15. The van der Waals surface area contributed by atoms with Crippen molar-refractivity contribution in [1.82, 2.24) is 4.72 Å². The van der Waals surface area contributed by atoms with E-state index in [1.54, 1.807) is 0 Å². The summed E-state index contributed by atoms with van der Waals surface area (Å²) >= 11 is 0. The minimum Gasteiger partial charge on any atom is -0.393 e.